The summed E-state index contributed by atoms with van der Waals surface area (Å²) in [5, 5.41) is 0.426. The first-order chi connectivity index (χ1) is 8.88. The molecule has 0 radical (unpaired) electrons. The molecule has 2 rings (SSSR count). The summed E-state index contributed by atoms with van der Waals surface area (Å²) < 4.78 is 0. The Morgan fingerprint density at radius 2 is 1.79 bits per heavy atom. The SMILES string of the molecule is Cc1cc(C)cc(N(C)C(=O)c2sc(N)nc2C)c1. The quantitative estimate of drug-likeness (QED) is 0.916. The van der Waals surface area contributed by atoms with Gasteiger partial charge >= 0.3 is 0 Å². The average Bonchev–Trinajstić information content (AvgIpc) is 2.65. The van der Waals surface area contributed by atoms with E-state index in [0.717, 1.165) is 16.8 Å². The molecule has 0 atom stereocenters. The van der Waals surface area contributed by atoms with Gasteiger partial charge in [0.2, 0.25) is 0 Å². The van der Waals surface area contributed by atoms with Gasteiger partial charge in [0.05, 0.1) is 5.69 Å². The molecule has 1 aromatic heterocycles. The monoisotopic (exact) mass is 275 g/mol. The van der Waals surface area contributed by atoms with Crippen molar-refractivity contribution in [2.24, 2.45) is 0 Å². The van der Waals surface area contributed by atoms with E-state index in [1.807, 2.05) is 26.0 Å². The lowest BCUT2D eigenvalue weighted by molar-refractivity contribution is 0.0996. The van der Waals surface area contributed by atoms with Gasteiger partial charge < -0.3 is 10.6 Å². The lowest BCUT2D eigenvalue weighted by Gasteiger charge is -2.18. The molecule has 1 heterocycles. The van der Waals surface area contributed by atoms with Crippen LogP contribution in [0.2, 0.25) is 0 Å². The van der Waals surface area contributed by atoms with Crippen LogP contribution < -0.4 is 10.6 Å². The Morgan fingerprint density at radius 1 is 1.21 bits per heavy atom. The highest BCUT2D eigenvalue weighted by Gasteiger charge is 2.19. The van der Waals surface area contributed by atoms with Crippen LogP contribution in [0.3, 0.4) is 0 Å². The van der Waals surface area contributed by atoms with Crippen LogP contribution in [0.4, 0.5) is 10.8 Å². The van der Waals surface area contributed by atoms with E-state index in [4.69, 9.17) is 5.73 Å². The minimum Gasteiger partial charge on any atom is -0.375 e. The molecule has 1 aromatic carbocycles. The van der Waals surface area contributed by atoms with Gasteiger partial charge in [-0.3, -0.25) is 4.79 Å². The van der Waals surface area contributed by atoms with Crippen LogP contribution >= 0.6 is 11.3 Å². The number of aryl methyl sites for hydroxylation is 3. The zero-order chi connectivity index (χ0) is 14.2. The van der Waals surface area contributed by atoms with Crippen molar-refractivity contribution in [1.82, 2.24) is 4.98 Å². The zero-order valence-corrected chi connectivity index (χ0v) is 12.3. The van der Waals surface area contributed by atoms with Crippen molar-refractivity contribution in [3.63, 3.8) is 0 Å². The van der Waals surface area contributed by atoms with Crippen molar-refractivity contribution >= 4 is 28.1 Å². The maximum absolute atomic E-state index is 12.4. The van der Waals surface area contributed by atoms with Gasteiger partial charge in [-0.1, -0.05) is 17.4 Å². The number of aromatic nitrogens is 1. The standard InChI is InChI=1S/C14H17N3OS/c1-8-5-9(2)7-11(6-8)17(4)13(18)12-10(3)16-14(15)19-12/h5-7H,1-4H3,(H2,15,16). The Hall–Kier alpha value is -1.88. The number of hydrogen-bond acceptors (Lipinski definition) is 4. The molecule has 0 saturated heterocycles. The summed E-state index contributed by atoms with van der Waals surface area (Å²) in [7, 11) is 1.77. The molecule has 4 nitrogen and oxygen atoms in total. The van der Waals surface area contributed by atoms with Crippen LogP contribution in [-0.4, -0.2) is 17.9 Å². The fraction of sp³-hybridized carbons (Fsp3) is 0.286. The van der Waals surface area contributed by atoms with E-state index in [1.165, 1.54) is 11.3 Å². The smallest absolute Gasteiger partial charge is 0.270 e. The maximum atomic E-state index is 12.4. The van der Waals surface area contributed by atoms with Crippen LogP contribution in [0.1, 0.15) is 26.5 Å². The minimum atomic E-state index is -0.0725. The summed E-state index contributed by atoms with van der Waals surface area (Å²) in [6.07, 6.45) is 0. The summed E-state index contributed by atoms with van der Waals surface area (Å²) in [5.41, 5.74) is 9.48. The zero-order valence-electron chi connectivity index (χ0n) is 11.5. The molecule has 2 N–H and O–H groups in total. The van der Waals surface area contributed by atoms with Gasteiger partial charge in [0.1, 0.15) is 4.88 Å². The molecular weight excluding hydrogens is 258 g/mol. The Bertz CT molecular complexity index is 613. The lowest BCUT2D eigenvalue weighted by atomic mass is 10.1. The van der Waals surface area contributed by atoms with Crippen LogP contribution in [-0.2, 0) is 0 Å². The second-order valence-electron chi connectivity index (χ2n) is 4.68. The number of nitrogen functional groups attached to an aromatic ring is 1. The minimum absolute atomic E-state index is 0.0725. The van der Waals surface area contributed by atoms with Crippen LogP contribution in [0, 0.1) is 20.8 Å². The van der Waals surface area contributed by atoms with E-state index < -0.39 is 0 Å². The second-order valence-corrected chi connectivity index (χ2v) is 5.71. The number of benzene rings is 1. The molecular formula is C14H17N3OS. The normalized spacial score (nSPS) is 10.5. The molecule has 2 aromatic rings. The number of thiazole rings is 1. The molecule has 19 heavy (non-hydrogen) atoms. The van der Waals surface area contributed by atoms with E-state index in [1.54, 1.807) is 18.9 Å². The molecule has 0 bridgehead atoms. The Labute approximate surface area is 116 Å². The summed E-state index contributed by atoms with van der Waals surface area (Å²) in [6, 6.07) is 6.06. The van der Waals surface area contributed by atoms with Crippen molar-refractivity contribution in [2.75, 3.05) is 17.7 Å². The Balaban J connectivity index is 2.36. The number of nitrogens with zero attached hydrogens (tertiary/aromatic N) is 2. The number of hydrogen-bond donors (Lipinski definition) is 1. The lowest BCUT2D eigenvalue weighted by Crippen LogP contribution is -2.26. The van der Waals surface area contributed by atoms with Crippen molar-refractivity contribution in [2.45, 2.75) is 20.8 Å². The highest BCUT2D eigenvalue weighted by Crippen LogP contribution is 2.25. The summed E-state index contributed by atoms with van der Waals surface area (Å²) in [4.78, 5) is 18.8. The third-order valence-electron chi connectivity index (χ3n) is 2.91. The number of nitrogens with two attached hydrogens (primary N) is 1. The van der Waals surface area contributed by atoms with E-state index >= 15 is 0 Å². The van der Waals surface area contributed by atoms with Crippen LogP contribution in [0.15, 0.2) is 18.2 Å². The summed E-state index contributed by atoms with van der Waals surface area (Å²) in [5.74, 6) is -0.0725. The molecule has 0 unspecified atom stereocenters. The molecule has 0 saturated carbocycles. The molecule has 5 heteroatoms. The predicted octanol–water partition coefficient (Wildman–Crippen LogP) is 2.93. The van der Waals surface area contributed by atoms with Gasteiger partial charge in [0.15, 0.2) is 5.13 Å². The number of amides is 1. The number of carbonyl (C=O) groups is 1. The van der Waals surface area contributed by atoms with Crippen molar-refractivity contribution < 1.29 is 4.79 Å². The van der Waals surface area contributed by atoms with E-state index in [0.29, 0.717) is 15.7 Å². The van der Waals surface area contributed by atoms with Crippen LogP contribution in [0.25, 0.3) is 0 Å². The number of carbonyl (C=O) groups excluding carboxylic acids is 1. The van der Waals surface area contributed by atoms with Crippen molar-refractivity contribution in [3.05, 3.63) is 39.9 Å². The molecule has 0 aliphatic rings. The molecule has 1 amide bonds. The first-order valence-corrected chi connectivity index (χ1v) is 6.79. The largest absolute Gasteiger partial charge is 0.375 e. The first-order valence-electron chi connectivity index (χ1n) is 5.97. The van der Waals surface area contributed by atoms with Gasteiger partial charge in [0.25, 0.3) is 5.91 Å². The second kappa shape index (κ2) is 5.01. The third-order valence-corrected chi connectivity index (χ3v) is 3.88. The van der Waals surface area contributed by atoms with E-state index in [2.05, 4.69) is 11.1 Å². The first kappa shape index (κ1) is 13.5. The van der Waals surface area contributed by atoms with Gasteiger partial charge in [0, 0.05) is 12.7 Å². The van der Waals surface area contributed by atoms with Gasteiger partial charge in [-0.15, -0.1) is 0 Å². The molecule has 0 aliphatic heterocycles. The van der Waals surface area contributed by atoms with Crippen molar-refractivity contribution in [3.8, 4) is 0 Å². The maximum Gasteiger partial charge on any atom is 0.270 e. The highest BCUT2D eigenvalue weighted by molar-refractivity contribution is 7.17. The Morgan fingerprint density at radius 3 is 2.26 bits per heavy atom. The van der Waals surface area contributed by atoms with Crippen molar-refractivity contribution in [1.29, 1.82) is 0 Å². The molecule has 0 aliphatic carbocycles. The fourth-order valence-electron chi connectivity index (χ4n) is 2.03. The van der Waals surface area contributed by atoms with Gasteiger partial charge in [-0.25, -0.2) is 4.98 Å². The topological polar surface area (TPSA) is 59.2 Å². The van der Waals surface area contributed by atoms with E-state index in [-0.39, 0.29) is 5.91 Å². The Kier molecular flexibility index (Phi) is 3.57. The summed E-state index contributed by atoms with van der Waals surface area (Å²) >= 11 is 1.23. The van der Waals surface area contributed by atoms with Gasteiger partial charge in [-0.05, 0) is 44.0 Å². The number of rotatable bonds is 2. The number of anilines is 2. The third kappa shape index (κ3) is 2.76. The molecule has 0 spiro atoms. The van der Waals surface area contributed by atoms with Gasteiger partial charge in [-0.2, -0.15) is 0 Å². The fourth-order valence-corrected chi connectivity index (χ4v) is 2.84. The molecule has 0 fully saturated rings. The van der Waals surface area contributed by atoms with Crippen LogP contribution in [0.5, 0.6) is 0 Å². The van der Waals surface area contributed by atoms with E-state index in [9.17, 15) is 4.79 Å². The predicted molar refractivity (Wildman–Crippen MR) is 79.9 cm³/mol. The highest BCUT2D eigenvalue weighted by atomic mass is 32.1. The summed E-state index contributed by atoms with van der Waals surface area (Å²) in [6.45, 7) is 5.84. The molecule has 100 valence electrons. The average molecular weight is 275 g/mol.